The van der Waals surface area contributed by atoms with Gasteiger partial charge in [0.1, 0.15) is 0 Å². The standard InChI is InChI=1S/C13H25N3O3/c1-4-10(7-12(17)18)15-13(19)14-8-9(2)16(3)11-5-6-11/h9-11H,4-8H2,1-3H3,(H,17,18)(H2,14,15,19). The molecule has 19 heavy (non-hydrogen) atoms. The number of aliphatic carboxylic acids is 1. The molecule has 6 nitrogen and oxygen atoms in total. The van der Waals surface area contributed by atoms with E-state index in [9.17, 15) is 9.59 Å². The van der Waals surface area contributed by atoms with Gasteiger partial charge >= 0.3 is 12.0 Å². The molecule has 0 spiro atoms. The molecule has 110 valence electrons. The van der Waals surface area contributed by atoms with Crippen LogP contribution in [0.25, 0.3) is 0 Å². The number of nitrogens with zero attached hydrogens (tertiary/aromatic N) is 1. The van der Waals surface area contributed by atoms with Gasteiger partial charge in [-0.15, -0.1) is 0 Å². The third kappa shape index (κ3) is 5.92. The molecule has 0 aliphatic heterocycles. The van der Waals surface area contributed by atoms with Gasteiger partial charge in [0.25, 0.3) is 0 Å². The van der Waals surface area contributed by atoms with E-state index in [4.69, 9.17) is 5.11 Å². The zero-order valence-electron chi connectivity index (χ0n) is 12.0. The summed E-state index contributed by atoms with van der Waals surface area (Å²) in [6, 6.07) is 0.353. The first-order valence-corrected chi connectivity index (χ1v) is 6.92. The molecule has 1 aliphatic rings. The SMILES string of the molecule is CCC(CC(=O)O)NC(=O)NCC(C)N(C)C1CC1. The number of rotatable bonds is 8. The molecule has 1 rings (SSSR count). The maximum absolute atomic E-state index is 11.7. The zero-order chi connectivity index (χ0) is 14.4. The van der Waals surface area contributed by atoms with Crippen LogP contribution in [0.15, 0.2) is 0 Å². The van der Waals surface area contributed by atoms with Gasteiger partial charge in [0.15, 0.2) is 0 Å². The van der Waals surface area contributed by atoms with Crippen molar-refractivity contribution in [1.29, 1.82) is 0 Å². The Morgan fingerprint density at radius 3 is 2.53 bits per heavy atom. The lowest BCUT2D eigenvalue weighted by atomic mass is 10.1. The fraction of sp³-hybridized carbons (Fsp3) is 0.846. The van der Waals surface area contributed by atoms with Crippen LogP contribution >= 0.6 is 0 Å². The molecule has 2 atom stereocenters. The average Bonchev–Trinajstić information content (AvgIpc) is 3.17. The molecular weight excluding hydrogens is 246 g/mol. The molecule has 0 aromatic heterocycles. The molecule has 6 heteroatoms. The zero-order valence-corrected chi connectivity index (χ0v) is 12.0. The molecule has 0 aromatic carbocycles. The monoisotopic (exact) mass is 271 g/mol. The summed E-state index contributed by atoms with van der Waals surface area (Å²) >= 11 is 0. The molecular formula is C13H25N3O3. The minimum Gasteiger partial charge on any atom is -0.481 e. The summed E-state index contributed by atoms with van der Waals surface area (Å²) in [7, 11) is 2.07. The van der Waals surface area contributed by atoms with E-state index in [0.29, 0.717) is 19.0 Å². The van der Waals surface area contributed by atoms with Crippen molar-refractivity contribution in [3.05, 3.63) is 0 Å². The van der Waals surface area contributed by atoms with E-state index in [2.05, 4.69) is 29.5 Å². The predicted molar refractivity (Wildman–Crippen MR) is 73.1 cm³/mol. The van der Waals surface area contributed by atoms with Crippen LogP contribution < -0.4 is 10.6 Å². The Hall–Kier alpha value is -1.30. The molecule has 0 radical (unpaired) electrons. The van der Waals surface area contributed by atoms with Crippen LogP contribution in [0.5, 0.6) is 0 Å². The van der Waals surface area contributed by atoms with Crippen molar-refractivity contribution in [1.82, 2.24) is 15.5 Å². The van der Waals surface area contributed by atoms with Crippen molar-refractivity contribution in [2.24, 2.45) is 0 Å². The lowest BCUT2D eigenvalue weighted by molar-refractivity contribution is -0.137. The predicted octanol–water partition coefficient (Wildman–Crippen LogP) is 1.02. The van der Waals surface area contributed by atoms with Crippen molar-refractivity contribution in [3.63, 3.8) is 0 Å². The third-order valence-corrected chi connectivity index (χ3v) is 3.63. The highest BCUT2D eigenvalue weighted by Gasteiger charge is 2.29. The Kier molecular flexibility index (Phi) is 6.08. The second kappa shape index (κ2) is 7.33. The second-order valence-electron chi connectivity index (χ2n) is 5.30. The Morgan fingerprint density at radius 1 is 1.42 bits per heavy atom. The van der Waals surface area contributed by atoms with Gasteiger partial charge in [-0.3, -0.25) is 9.69 Å². The van der Waals surface area contributed by atoms with Crippen LogP contribution in [-0.4, -0.2) is 53.7 Å². The lowest BCUT2D eigenvalue weighted by Crippen LogP contribution is -2.47. The molecule has 1 saturated carbocycles. The first-order chi connectivity index (χ1) is 8.93. The molecule has 3 N–H and O–H groups in total. The first-order valence-electron chi connectivity index (χ1n) is 6.92. The van der Waals surface area contributed by atoms with Crippen LogP contribution in [0.2, 0.25) is 0 Å². The molecule has 0 saturated heterocycles. The summed E-state index contributed by atoms with van der Waals surface area (Å²) in [5, 5.41) is 14.2. The molecule has 2 unspecified atom stereocenters. The van der Waals surface area contributed by atoms with Crippen molar-refractivity contribution in [3.8, 4) is 0 Å². The maximum atomic E-state index is 11.7. The van der Waals surface area contributed by atoms with Gasteiger partial charge in [-0.05, 0) is 33.2 Å². The summed E-state index contributed by atoms with van der Waals surface area (Å²) in [5.74, 6) is -0.894. The number of carbonyl (C=O) groups is 2. The Labute approximate surface area is 114 Å². The minimum atomic E-state index is -0.894. The van der Waals surface area contributed by atoms with Gasteiger partial charge in [-0.25, -0.2) is 4.79 Å². The van der Waals surface area contributed by atoms with E-state index in [-0.39, 0.29) is 24.5 Å². The molecule has 2 amide bonds. The maximum Gasteiger partial charge on any atom is 0.315 e. The van der Waals surface area contributed by atoms with Crippen molar-refractivity contribution >= 4 is 12.0 Å². The van der Waals surface area contributed by atoms with Gasteiger partial charge in [0, 0.05) is 24.7 Å². The van der Waals surface area contributed by atoms with Crippen molar-refractivity contribution in [2.45, 2.75) is 57.7 Å². The average molecular weight is 271 g/mol. The van der Waals surface area contributed by atoms with Crippen LogP contribution in [0, 0.1) is 0 Å². The summed E-state index contributed by atoms with van der Waals surface area (Å²) in [6.07, 6.45) is 3.05. The van der Waals surface area contributed by atoms with Crippen LogP contribution in [0.4, 0.5) is 4.79 Å². The van der Waals surface area contributed by atoms with Gasteiger partial charge in [-0.1, -0.05) is 6.92 Å². The molecule has 0 aromatic rings. The highest BCUT2D eigenvalue weighted by molar-refractivity contribution is 5.75. The van der Waals surface area contributed by atoms with E-state index in [1.54, 1.807) is 0 Å². The van der Waals surface area contributed by atoms with Gasteiger partial charge in [-0.2, -0.15) is 0 Å². The number of amides is 2. The second-order valence-corrected chi connectivity index (χ2v) is 5.30. The van der Waals surface area contributed by atoms with E-state index in [1.165, 1.54) is 12.8 Å². The van der Waals surface area contributed by atoms with E-state index in [1.807, 2.05) is 6.92 Å². The van der Waals surface area contributed by atoms with Crippen molar-refractivity contribution < 1.29 is 14.7 Å². The Balaban J connectivity index is 2.23. The number of carboxylic acid groups (broad SMARTS) is 1. The normalized spacial score (nSPS) is 17.9. The quantitative estimate of drug-likeness (QED) is 0.615. The largest absolute Gasteiger partial charge is 0.481 e. The summed E-state index contributed by atoms with van der Waals surface area (Å²) in [4.78, 5) is 24.6. The van der Waals surface area contributed by atoms with Crippen molar-refractivity contribution in [2.75, 3.05) is 13.6 Å². The van der Waals surface area contributed by atoms with E-state index < -0.39 is 5.97 Å². The lowest BCUT2D eigenvalue weighted by Gasteiger charge is -2.25. The summed E-state index contributed by atoms with van der Waals surface area (Å²) in [5.41, 5.74) is 0. The van der Waals surface area contributed by atoms with Gasteiger partial charge in [0.05, 0.1) is 6.42 Å². The highest BCUT2D eigenvalue weighted by atomic mass is 16.4. The van der Waals surface area contributed by atoms with E-state index in [0.717, 1.165) is 0 Å². The Bertz CT molecular complexity index is 318. The molecule has 1 aliphatic carbocycles. The number of nitrogens with one attached hydrogen (secondary N) is 2. The Morgan fingerprint density at radius 2 is 2.05 bits per heavy atom. The summed E-state index contributed by atoms with van der Waals surface area (Å²) in [6.45, 7) is 4.51. The topological polar surface area (TPSA) is 81.7 Å². The fourth-order valence-corrected chi connectivity index (χ4v) is 1.97. The van der Waals surface area contributed by atoms with Crippen LogP contribution in [-0.2, 0) is 4.79 Å². The smallest absolute Gasteiger partial charge is 0.315 e. The number of urea groups is 1. The highest BCUT2D eigenvalue weighted by Crippen LogP contribution is 2.26. The fourth-order valence-electron chi connectivity index (χ4n) is 1.97. The van der Waals surface area contributed by atoms with E-state index >= 15 is 0 Å². The van der Waals surface area contributed by atoms with Gasteiger partial charge < -0.3 is 15.7 Å². The molecule has 0 heterocycles. The molecule has 0 bridgehead atoms. The van der Waals surface area contributed by atoms with Gasteiger partial charge in [0.2, 0.25) is 0 Å². The number of hydrogen-bond donors (Lipinski definition) is 3. The third-order valence-electron chi connectivity index (χ3n) is 3.63. The number of carbonyl (C=O) groups excluding carboxylic acids is 1. The number of carboxylic acids is 1. The number of likely N-dealkylation sites (N-methyl/N-ethyl adjacent to an activating group) is 1. The minimum absolute atomic E-state index is 0.0402. The number of hydrogen-bond acceptors (Lipinski definition) is 3. The summed E-state index contributed by atoms with van der Waals surface area (Å²) < 4.78 is 0. The van der Waals surface area contributed by atoms with Crippen LogP contribution in [0.1, 0.15) is 39.5 Å². The first kappa shape index (κ1) is 15.8. The van der Waals surface area contributed by atoms with Crippen LogP contribution in [0.3, 0.4) is 0 Å². The molecule has 1 fully saturated rings.